The molecule has 3 nitrogen and oxygen atoms in total. The Kier molecular flexibility index (Phi) is 3.77. The van der Waals surface area contributed by atoms with Crippen molar-refractivity contribution in [2.24, 2.45) is 0 Å². The van der Waals surface area contributed by atoms with Gasteiger partial charge in [-0.25, -0.2) is 4.79 Å². The summed E-state index contributed by atoms with van der Waals surface area (Å²) in [5, 5.41) is 8.42. The van der Waals surface area contributed by atoms with Gasteiger partial charge < -0.3 is 9.84 Å². The van der Waals surface area contributed by atoms with E-state index in [9.17, 15) is 18.0 Å². The van der Waals surface area contributed by atoms with E-state index in [0.29, 0.717) is 11.1 Å². The standard InChI is InChI=1S/C11H9F3O3/c1-7-2-4-9(17-11(12,13)14)6-8(7)3-5-10(15)16/h2-6H,1H3,(H,15,16). The van der Waals surface area contributed by atoms with Crippen molar-refractivity contribution in [1.29, 1.82) is 0 Å². The van der Waals surface area contributed by atoms with Crippen LogP contribution < -0.4 is 4.74 Å². The van der Waals surface area contributed by atoms with Crippen LogP contribution in [0.25, 0.3) is 6.08 Å². The number of aliphatic carboxylic acids is 1. The maximum Gasteiger partial charge on any atom is 0.573 e. The first kappa shape index (κ1) is 13.1. The van der Waals surface area contributed by atoms with Gasteiger partial charge in [-0.15, -0.1) is 13.2 Å². The molecule has 1 N–H and O–H groups in total. The van der Waals surface area contributed by atoms with Crippen molar-refractivity contribution in [2.75, 3.05) is 0 Å². The van der Waals surface area contributed by atoms with E-state index in [1.807, 2.05) is 0 Å². The normalized spacial score (nSPS) is 11.8. The molecule has 0 saturated carbocycles. The summed E-state index contributed by atoms with van der Waals surface area (Å²) in [4.78, 5) is 10.3. The van der Waals surface area contributed by atoms with Gasteiger partial charge in [0.15, 0.2) is 0 Å². The van der Waals surface area contributed by atoms with E-state index < -0.39 is 12.3 Å². The summed E-state index contributed by atoms with van der Waals surface area (Å²) in [7, 11) is 0. The second-order valence-corrected chi connectivity index (χ2v) is 3.24. The van der Waals surface area contributed by atoms with E-state index in [2.05, 4.69) is 4.74 Å². The van der Waals surface area contributed by atoms with Gasteiger partial charge in [0.25, 0.3) is 0 Å². The third-order valence-electron chi connectivity index (χ3n) is 1.89. The minimum Gasteiger partial charge on any atom is -0.478 e. The van der Waals surface area contributed by atoms with Gasteiger partial charge in [0, 0.05) is 6.08 Å². The van der Waals surface area contributed by atoms with Crippen LogP contribution in [0, 0.1) is 6.92 Å². The van der Waals surface area contributed by atoms with E-state index in [4.69, 9.17) is 5.11 Å². The number of rotatable bonds is 3. The van der Waals surface area contributed by atoms with Crippen molar-refractivity contribution in [3.05, 3.63) is 35.4 Å². The lowest BCUT2D eigenvalue weighted by atomic mass is 10.1. The number of alkyl halides is 3. The van der Waals surface area contributed by atoms with Crippen molar-refractivity contribution < 1.29 is 27.8 Å². The van der Waals surface area contributed by atoms with Crippen LogP contribution >= 0.6 is 0 Å². The van der Waals surface area contributed by atoms with Gasteiger partial charge in [-0.2, -0.15) is 0 Å². The predicted octanol–water partition coefficient (Wildman–Crippen LogP) is 2.99. The van der Waals surface area contributed by atoms with Crippen LogP contribution in [0.15, 0.2) is 24.3 Å². The van der Waals surface area contributed by atoms with Gasteiger partial charge >= 0.3 is 12.3 Å². The number of hydrogen-bond acceptors (Lipinski definition) is 2. The zero-order chi connectivity index (χ0) is 13.1. The first-order valence-corrected chi connectivity index (χ1v) is 4.55. The smallest absolute Gasteiger partial charge is 0.478 e. The molecule has 0 fully saturated rings. The number of ether oxygens (including phenoxy) is 1. The number of carboxylic acids is 1. The van der Waals surface area contributed by atoms with Crippen LogP contribution in [0.2, 0.25) is 0 Å². The lowest BCUT2D eigenvalue weighted by Gasteiger charge is -2.10. The number of carboxylic acid groups (broad SMARTS) is 1. The monoisotopic (exact) mass is 246 g/mol. The van der Waals surface area contributed by atoms with Crippen LogP contribution in [0.3, 0.4) is 0 Å². The largest absolute Gasteiger partial charge is 0.573 e. The SMILES string of the molecule is Cc1ccc(OC(F)(F)F)cc1C=CC(=O)O. The fraction of sp³-hybridized carbons (Fsp3) is 0.182. The summed E-state index contributed by atoms with van der Waals surface area (Å²) >= 11 is 0. The summed E-state index contributed by atoms with van der Waals surface area (Å²) < 4.78 is 39.6. The highest BCUT2D eigenvalue weighted by atomic mass is 19.4. The molecular formula is C11H9F3O3. The summed E-state index contributed by atoms with van der Waals surface area (Å²) in [6.07, 6.45) is -2.70. The van der Waals surface area contributed by atoms with Gasteiger partial charge in [0.2, 0.25) is 0 Å². The minimum atomic E-state index is -4.76. The molecule has 1 aromatic carbocycles. The molecular weight excluding hydrogens is 237 g/mol. The Balaban J connectivity index is 2.98. The molecule has 17 heavy (non-hydrogen) atoms. The lowest BCUT2D eigenvalue weighted by Crippen LogP contribution is -2.17. The molecule has 1 rings (SSSR count). The molecule has 0 unspecified atom stereocenters. The summed E-state index contributed by atoms with van der Waals surface area (Å²) in [6.45, 7) is 1.65. The van der Waals surface area contributed by atoms with E-state index in [1.54, 1.807) is 6.92 Å². The Morgan fingerprint density at radius 2 is 2.06 bits per heavy atom. The Labute approximate surface area is 95.1 Å². The van der Waals surface area contributed by atoms with E-state index in [1.165, 1.54) is 18.2 Å². The molecule has 0 saturated heterocycles. The van der Waals surface area contributed by atoms with Gasteiger partial charge in [-0.05, 0) is 36.3 Å². The van der Waals surface area contributed by atoms with Gasteiger partial charge in [0.1, 0.15) is 5.75 Å². The quantitative estimate of drug-likeness (QED) is 0.834. The van der Waals surface area contributed by atoms with E-state index >= 15 is 0 Å². The Bertz CT molecular complexity index is 450. The van der Waals surface area contributed by atoms with Gasteiger partial charge in [-0.1, -0.05) is 6.07 Å². The molecule has 0 radical (unpaired) electrons. The molecule has 0 aromatic heterocycles. The highest BCUT2D eigenvalue weighted by molar-refractivity contribution is 5.85. The highest BCUT2D eigenvalue weighted by Gasteiger charge is 2.31. The zero-order valence-corrected chi connectivity index (χ0v) is 8.78. The molecule has 1 aromatic rings. The topological polar surface area (TPSA) is 46.5 Å². The number of benzene rings is 1. The molecule has 0 spiro atoms. The second kappa shape index (κ2) is 4.90. The maximum absolute atomic E-state index is 12.0. The average Bonchev–Trinajstić information content (AvgIpc) is 2.16. The van der Waals surface area contributed by atoms with Crippen molar-refractivity contribution in [1.82, 2.24) is 0 Å². The highest BCUT2D eigenvalue weighted by Crippen LogP contribution is 2.25. The Morgan fingerprint density at radius 3 is 2.59 bits per heavy atom. The van der Waals surface area contributed by atoms with E-state index in [0.717, 1.165) is 12.1 Å². The third-order valence-corrected chi connectivity index (χ3v) is 1.89. The first-order valence-electron chi connectivity index (χ1n) is 4.55. The fourth-order valence-electron chi connectivity index (χ4n) is 1.16. The van der Waals surface area contributed by atoms with Crippen molar-refractivity contribution in [3.8, 4) is 5.75 Å². The molecule has 0 aliphatic rings. The molecule has 0 heterocycles. The molecule has 0 aliphatic heterocycles. The number of hydrogen-bond donors (Lipinski definition) is 1. The average molecular weight is 246 g/mol. The van der Waals surface area contributed by atoms with Crippen molar-refractivity contribution in [3.63, 3.8) is 0 Å². The van der Waals surface area contributed by atoms with Crippen LogP contribution in [0.1, 0.15) is 11.1 Å². The van der Waals surface area contributed by atoms with Crippen molar-refractivity contribution in [2.45, 2.75) is 13.3 Å². The molecule has 0 bridgehead atoms. The zero-order valence-electron chi connectivity index (χ0n) is 8.78. The van der Waals surface area contributed by atoms with Crippen LogP contribution in [0.4, 0.5) is 13.2 Å². The Hall–Kier alpha value is -1.98. The molecule has 6 heteroatoms. The summed E-state index contributed by atoms with van der Waals surface area (Å²) in [5.41, 5.74) is 1.01. The van der Waals surface area contributed by atoms with Crippen LogP contribution in [0.5, 0.6) is 5.75 Å². The molecule has 0 atom stereocenters. The van der Waals surface area contributed by atoms with Crippen LogP contribution in [-0.4, -0.2) is 17.4 Å². The minimum absolute atomic E-state index is 0.356. The maximum atomic E-state index is 12.0. The summed E-state index contributed by atoms with van der Waals surface area (Å²) in [5.74, 6) is -1.56. The number of halogens is 3. The lowest BCUT2D eigenvalue weighted by molar-refractivity contribution is -0.274. The molecule has 0 amide bonds. The Morgan fingerprint density at radius 1 is 1.41 bits per heavy atom. The second-order valence-electron chi connectivity index (χ2n) is 3.24. The third kappa shape index (κ3) is 4.58. The molecule has 92 valence electrons. The van der Waals surface area contributed by atoms with E-state index in [-0.39, 0.29) is 5.75 Å². The molecule has 0 aliphatic carbocycles. The predicted molar refractivity (Wildman–Crippen MR) is 54.5 cm³/mol. The first-order chi connectivity index (χ1) is 7.78. The van der Waals surface area contributed by atoms with Crippen molar-refractivity contribution >= 4 is 12.0 Å². The summed E-state index contributed by atoms with van der Waals surface area (Å²) in [6, 6.07) is 3.71. The number of carbonyl (C=O) groups is 1. The number of aryl methyl sites for hydroxylation is 1. The fourth-order valence-corrected chi connectivity index (χ4v) is 1.16. The van der Waals surface area contributed by atoms with Gasteiger partial charge in [0.05, 0.1) is 0 Å². The van der Waals surface area contributed by atoms with Gasteiger partial charge in [-0.3, -0.25) is 0 Å². The van der Waals surface area contributed by atoms with Crippen LogP contribution in [-0.2, 0) is 4.79 Å².